The van der Waals surface area contributed by atoms with E-state index in [4.69, 9.17) is 4.42 Å². The van der Waals surface area contributed by atoms with Crippen LogP contribution in [-0.2, 0) is 6.54 Å². The molecule has 0 aliphatic rings. The number of ketones is 1. The van der Waals surface area contributed by atoms with E-state index in [2.05, 4.69) is 15.2 Å². The van der Waals surface area contributed by atoms with Crippen LogP contribution in [0.5, 0.6) is 0 Å². The molecule has 0 aliphatic carbocycles. The lowest BCUT2D eigenvalue weighted by atomic mass is 10.2. The normalized spacial score (nSPS) is 11.4. The lowest BCUT2D eigenvalue weighted by Crippen LogP contribution is -2.10. The van der Waals surface area contributed by atoms with Crippen molar-refractivity contribution in [3.05, 3.63) is 108 Å². The molecule has 2 heterocycles. The molecule has 0 fully saturated rings. The first-order valence-corrected chi connectivity index (χ1v) is 9.88. The number of nitrogens with zero attached hydrogens (tertiary/aromatic N) is 4. The molecule has 6 nitrogen and oxygen atoms in total. The van der Waals surface area contributed by atoms with Gasteiger partial charge in [-0.2, -0.15) is 0 Å². The van der Waals surface area contributed by atoms with Crippen molar-refractivity contribution in [3.63, 3.8) is 0 Å². The largest absolute Gasteiger partial charge is 0.419 e. The number of para-hydroxylation sites is 2. The molecule has 5 aromatic rings. The van der Waals surface area contributed by atoms with Crippen LogP contribution in [0.3, 0.4) is 0 Å². The second kappa shape index (κ2) is 8.20. The van der Waals surface area contributed by atoms with Crippen molar-refractivity contribution in [2.75, 3.05) is 0 Å². The summed E-state index contributed by atoms with van der Waals surface area (Å²) in [6.07, 6.45) is 3.32. The van der Waals surface area contributed by atoms with Crippen molar-refractivity contribution < 1.29 is 9.21 Å². The first-order valence-electron chi connectivity index (χ1n) is 9.88. The number of aromatic nitrogens is 4. The van der Waals surface area contributed by atoms with E-state index in [1.165, 1.54) is 6.08 Å². The molecule has 5 rings (SSSR count). The molecular weight excluding hydrogens is 388 g/mol. The Morgan fingerprint density at radius 2 is 1.58 bits per heavy atom. The van der Waals surface area contributed by atoms with Crippen LogP contribution in [0, 0.1) is 0 Å². The molecule has 6 heteroatoms. The Hall–Kier alpha value is -4.32. The molecule has 3 aromatic carbocycles. The van der Waals surface area contributed by atoms with Crippen molar-refractivity contribution in [1.29, 1.82) is 0 Å². The van der Waals surface area contributed by atoms with Gasteiger partial charge in [-0.1, -0.05) is 66.7 Å². The molecule has 0 saturated carbocycles. The minimum absolute atomic E-state index is 0.192. The highest BCUT2D eigenvalue weighted by molar-refractivity contribution is 6.06. The van der Waals surface area contributed by atoms with E-state index in [1.54, 1.807) is 6.08 Å². The number of imidazole rings is 1. The van der Waals surface area contributed by atoms with Crippen molar-refractivity contribution in [2.45, 2.75) is 6.54 Å². The van der Waals surface area contributed by atoms with Crippen LogP contribution in [-0.4, -0.2) is 25.5 Å². The molecule has 0 radical (unpaired) electrons. The molecule has 150 valence electrons. The van der Waals surface area contributed by atoms with Gasteiger partial charge in [0.25, 0.3) is 0 Å². The average molecular weight is 406 g/mol. The van der Waals surface area contributed by atoms with Gasteiger partial charge in [0.15, 0.2) is 5.82 Å². The summed E-state index contributed by atoms with van der Waals surface area (Å²) in [4.78, 5) is 17.5. The predicted molar refractivity (Wildman–Crippen MR) is 118 cm³/mol. The zero-order valence-electron chi connectivity index (χ0n) is 16.6. The number of hydrogen-bond acceptors (Lipinski definition) is 5. The number of fused-ring (bicyclic) bond motifs is 1. The van der Waals surface area contributed by atoms with E-state index in [0.29, 0.717) is 17.6 Å². The molecule has 0 spiro atoms. The van der Waals surface area contributed by atoms with E-state index < -0.39 is 0 Å². The summed E-state index contributed by atoms with van der Waals surface area (Å²) < 4.78 is 7.67. The fraction of sp³-hybridized carbons (Fsp3) is 0.0400. The maximum atomic E-state index is 13.0. The van der Waals surface area contributed by atoms with Crippen LogP contribution in [0.2, 0.25) is 0 Å². The second-order valence-corrected chi connectivity index (χ2v) is 6.99. The zero-order valence-corrected chi connectivity index (χ0v) is 16.6. The van der Waals surface area contributed by atoms with Gasteiger partial charge in [-0.3, -0.25) is 4.79 Å². The lowest BCUT2D eigenvalue weighted by Gasteiger charge is -2.04. The van der Waals surface area contributed by atoms with E-state index in [1.807, 2.05) is 89.5 Å². The van der Waals surface area contributed by atoms with E-state index in [9.17, 15) is 4.79 Å². The third-order valence-corrected chi connectivity index (χ3v) is 4.88. The van der Waals surface area contributed by atoms with Gasteiger partial charge in [0, 0.05) is 5.56 Å². The molecule has 0 unspecified atom stereocenters. The monoisotopic (exact) mass is 406 g/mol. The molecule has 31 heavy (non-hydrogen) atoms. The fourth-order valence-electron chi connectivity index (χ4n) is 3.38. The van der Waals surface area contributed by atoms with Gasteiger partial charge in [0.1, 0.15) is 6.54 Å². The standard InChI is InChI=1S/C25H18N4O2/c30-22(16-15-18-9-3-1-4-10-18)24-26-20-13-7-8-14-21(20)29(24)17-23-27-28-25(31-23)19-11-5-2-6-12-19/h1-16H,17H2. The van der Waals surface area contributed by atoms with Gasteiger partial charge < -0.3 is 8.98 Å². The Bertz CT molecular complexity index is 1370. The maximum Gasteiger partial charge on any atom is 0.247 e. The fourth-order valence-corrected chi connectivity index (χ4v) is 3.38. The minimum Gasteiger partial charge on any atom is -0.419 e. The van der Waals surface area contributed by atoms with Gasteiger partial charge in [-0.15, -0.1) is 10.2 Å². The summed E-state index contributed by atoms with van der Waals surface area (Å²) in [7, 11) is 0. The summed E-state index contributed by atoms with van der Waals surface area (Å²) >= 11 is 0. The molecule has 2 aromatic heterocycles. The van der Waals surface area contributed by atoms with Crippen LogP contribution >= 0.6 is 0 Å². The highest BCUT2D eigenvalue weighted by atomic mass is 16.4. The highest BCUT2D eigenvalue weighted by Crippen LogP contribution is 2.21. The molecule has 0 saturated heterocycles. The minimum atomic E-state index is -0.192. The van der Waals surface area contributed by atoms with Crippen molar-refractivity contribution >= 4 is 22.9 Å². The van der Waals surface area contributed by atoms with Gasteiger partial charge in [-0.25, -0.2) is 4.98 Å². The van der Waals surface area contributed by atoms with Crippen molar-refractivity contribution in [1.82, 2.24) is 19.7 Å². The topological polar surface area (TPSA) is 73.8 Å². The average Bonchev–Trinajstić information content (AvgIpc) is 3.44. The number of carbonyl (C=O) groups is 1. The quantitative estimate of drug-likeness (QED) is 0.292. The Balaban J connectivity index is 1.49. The molecule has 0 aliphatic heterocycles. The lowest BCUT2D eigenvalue weighted by molar-refractivity contribution is 0.103. The third kappa shape index (κ3) is 3.91. The summed E-state index contributed by atoms with van der Waals surface area (Å²) in [6, 6.07) is 26.9. The zero-order chi connectivity index (χ0) is 21.0. The van der Waals surface area contributed by atoms with Crippen molar-refractivity contribution in [2.24, 2.45) is 0 Å². The van der Waals surface area contributed by atoms with Gasteiger partial charge in [0.05, 0.1) is 11.0 Å². The van der Waals surface area contributed by atoms with E-state index in [0.717, 1.165) is 22.2 Å². The molecule has 0 bridgehead atoms. The number of hydrogen-bond donors (Lipinski definition) is 0. The maximum absolute atomic E-state index is 13.0. The molecule has 0 amide bonds. The third-order valence-electron chi connectivity index (χ3n) is 4.88. The molecular formula is C25H18N4O2. The summed E-state index contributed by atoms with van der Waals surface area (Å²) in [5, 5.41) is 8.32. The van der Waals surface area contributed by atoms with Crippen LogP contribution < -0.4 is 0 Å². The first kappa shape index (κ1) is 18.7. The Labute approximate surface area is 178 Å². The van der Waals surface area contributed by atoms with E-state index in [-0.39, 0.29) is 12.3 Å². The van der Waals surface area contributed by atoms with E-state index >= 15 is 0 Å². The predicted octanol–water partition coefficient (Wildman–Crippen LogP) is 5.03. The SMILES string of the molecule is O=C(C=Cc1ccccc1)c1nc2ccccc2n1Cc1nnc(-c2ccccc2)o1. The molecule has 0 N–H and O–H groups in total. The highest BCUT2D eigenvalue weighted by Gasteiger charge is 2.18. The van der Waals surface area contributed by atoms with Crippen LogP contribution in [0.15, 0.2) is 95.4 Å². The molecule has 0 atom stereocenters. The summed E-state index contributed by atoms with van der Waals surface area (Å²) in [5.74, 6) is 0.982. The Morgan fingerprint density at radius 1 is 0.871 bits per heavy atom. The van der Waals surface area contributed by atoms with Crippen molar-refractivity contribution in [3.8, 4) is 11.5 Å². The van der Waals surface area contributed by atoms with Gasteiger partial charge in [0.2, 0.25) is 17.6 Å². The summed E-state index contributed by atoms with van der Waals surface area (Å²) in [6.45, 7) is 0.251. The van der Waals surface area contributed by atoms with Gasteiger partial charge in [-0.05, 0) is 35.9 Å². The van der Waals surface area contributed by atoms with Crippen LogP contribution in [0.25, 0.3) is 28.6 Å². The number of rotatable bonds is 6. The van der Waals surface area contributed by atoms with Crippen LogP contribution in [0.4, 0.5) is 0 Å². The van der Waals surface area contributed by atoms with Gasteiger partial charge >= 0.3 is 0 Å². The van der Waals surface area contributed by atoms with Crippen LogP contribution in [0.1, 0.15) is 22.1 Å². The second-order valence-electron chi connectivity index (χ2n) is 6.99. The smallest absolute Gasteiger partial charge is 0.247 e. The number of benzene rings is 3. The number of carbonyl (C=O) groups excluding carboxylic acids is 1. The Kier molecular flexibility index (Phi) is 4.94. The Morgan fingerprint density at radius 3 is 2.39 bits per heavy atom. The summed E-state index contributed by atoms with van der Waals surface area (Å²) in [5.41, 5.74) is 3.36. The first-order chi connectivity index (χ1) is 15.3. The number of allylic oxidation sites excluding steroid dienone is 1.